The summed E-state index contributed by atoms with van der Waals surface area (Å²) in [6.45, 7) is 2.75. The van der Waals surface area contributed by atoms with Crippen molar-refractivity contribution >= 4 is 15.9 Å². The van der Waals surface area contributed by atoms with E-state index < -0.39 is 10.0 Å². The molecule has 1 aromatic heterocycles. The topological polar surface area (TPSA) is 88.9 Å². The van der Waals surface area contributed by atoms with Gasteiger partial charge in [-0.05, 0) is 18.9 Å². The van der Waals surface area contributed by atoms with E-state index in [2.05, 4.69) is 0 Å². The van der Waals surface area contributed by atoms with Crippen LogP contribution in [-0.4, -0.2) is 67.5 Å². The van der Waals surface area contributed by atoms with Gasteiger partial charge in [0.2, 0.25) is 15.9 Å². The van der Waals surface area contributed by atoms with Crippen molar-refractivity contribution in [3.8, 4) is 0 Å². The van der Waals surface area contributed by atoms with E-state index in [4.69, 9.17) is 4.74 Å². The quantitative estimate of drug-likeness (QED) is 0.738. The van der Waals surface area contributed by atoms with Gasteiger partial charge in [0.25, 0.3) is 5.56 Å². The maximum absolute atomic E-state index is 12.7. The Morgan fingerprint density at radius 1 is 1.04 bits per heavy atom. The Kier molecular flexibility index (Phi) is 5.55. The summed E-state index contributed by atoms with van der Waals surface area (Å²) in [6.07, 6.45) is 3.99. The van der Waals surface area contributed by atoms with E-state index in [9.17, 15) is 18.0 Å². The Morgan fingerprint density at radius 2 is 1.72 bits per heavy atom. The number of ether oxygens (including phenoxy) is 1. The van der Waals surface area contributed by atoms with E-state index in [0.29, 0.717) is 39.4 Å². The number of rotatable bonds is 4. The maximum Gasteiger partial charge on any atom is 0.251 e. The second-order valence-corrected chi connectivity index (χ2v) is 8.23. The highest BCUT2D eigenvalue weighted by Crippen LogP contribution is 2.19. The minimum absolute atomic E-state index is 0.0591. The van der Waals surface area contributed by atoms with Crippen molar-refractivity contribution in [2.45, 2.75) is 30.7 Å². The zero-order chi connectivity index (χ0) is 17.9. The third-order valence-corrected chi connectivity index (χ3v) is 6.46. The summed E-state index contributed by atoms with van der Waals surface area (Å²) >= 11 is 0. The highest BCUT2D eigenvalue weighted by Gasteiger charge is 2.27. The number of nitrogens with zero attached hydrogens (tertiary/aromatic N) is 3. The lowest BCUT2D eigenvalue weighted by Gasteiger charge is -2.27. The predicted octanol–water partition coefficient (Wildman–Crippen LogP) is -0.118. The van der Waals surface area contributed by atoms with Gasteiger partial charge in [-0.3, -0.25) is 9.59 Å². The normalized spacial score (nSPS) is 19.8. The number of amides is 1. The first kappa shape index (κ1) is 18.1. The molecule has 0 aromatic carbocycles. The summed E-state index contributed by atoms with van der Waals surface area (Å²) in [7, 11) is -3.63. The van der Waals surface area contributed by atoms with Crippen molar-refractivity contribution in [3.05, 3.63) is 28.7 Å². The number of hydrogen-bond donors (Lipinski definition) is 0. The fraction of sp³-hybridized carbons (Fsp3) is 0.625. The monoisotopic (exact) mass is 369 g/mol. The number of piperidine rings is 1. The summed E-state index contributed by atoms with van der Waals surface area (Å²) in [4.78, 5) is 26.1. The maximum atomic E-state index is 12.7. The second kappa shape index (κ2) is 7.67. The highest BCUT2D eigenvalue weighted by atomic mass is 32.2. The molecule has 1 amide bonds. The summed E-state index contributed by atoms with van der Waals surface area (Å²) < 4.78 is 33.3. The molecule has 0 unspecified atom stereocenters. The van der Waals surface area contributed by atoms with Crippen LogP contribution in [0.4, 0.5) is 0 Å². The lowest BCUT2D eigenvalue weighted by molar-refractivity contribution is -0.135. The molecule has 9 heteroatoms. The summed E-state index contributed by atoms with van der Waals surface area (Å²) in [5.74, 6) is -0.210. The van der Waals surface area contributed by atoms with Gasteiger partial charge in [-0.25, -0.2) is 8.42 Å². The van der Waals surface area contributed by atoms with Crippen LogP contribution in [0, 0.1) is 0 Å². The standard InChI is InChI=1S/C16H23N3O5S/c20-15-5-4-14(25(22,23)19-6-2-1-3-7-19)12-18(15)13-16(21)17-8-10-24-11-9-17/h4-5,12H,1-3,6-11,13H2. The molecular formula is C16H23N3O5S. The molecule has 0 radical (unpaired) electrons. The van der Waals surface area contributed by atoms with Crippen molar-refractivity contribution < 1.29 is 17.9 Å². The molecule has 0 atom stereocenters. The average Bonchev–Trinajstić information content (AvgIpc) is 2.64. The molecule has 2 saturated heterocycles. The third-order valence-electron chi connectivity index (χ3n) is 4.58. The molecule has 2 aliphatic heterocycles. The molecule has 0 aliphatic carbocycles. The number of carbonyl (C=O) groups excluding carboxylic acids is 1. The number of carbonyl (C=O) groups is 1. The van der Waals surface area contributed by atoms with Crippen LogP contribution in [0.2, 0.25) is 0 Å². The highest BCUT2D eigenvalue weighted by molar-refractivity contribution is 7.89. The van der Waals surface area contributed by atoms with Gasteiger partial charge in [0.1, 0.15) is 6.54 Å². The van der Waals surface area contributed by atoms with E-state index in [1.165, 1.54) is 27.2 Å². The minimum Gasteiger partial charge on any atom is -0.378 e. The van der Waals surface area contributed by atoms with Crippen molar-refractivity contribution in [1.82, 2.24) is 13.8 Å². The fourth-order valence-electron chi connectivity index (χ4n) is 3.10. The van der Waals surface area contributed by atoms with Crippen LogP contribution in [0.5, 0.6) is 0 Å². The second-order valence-electron chi connectivity index (χ2n) is 6.29. The van der Waals surface area contributed by atoms with Crippen molar-refractivity contribution in [2.24, 2.45) is 0 Å². The van der Waals surface area contributed by atoms with Crippen LogP contribution in [0.3, 0.4) is 0 Å². The largest absolute Gasteiger partial charge is 0.378 e. The number of aromatic nitrogens is 1. The number of pyridine rings is 1. The fourth-order valence-corrected chi connectivity index (χ4v) is 4.64. The number of sulfonamides is 1. The zero-order valence-electron chi connectivity index (χ0n) is 14.1. The van der Waals surface area contributed by atoms with Gasteiger partial charge in [-0.15, -0.1) is 0 Å². The van der Waals surface area contributed by atoms with E-state index in [-0.39, 0.29) is 22.9 Å². The minimum atomic E-state index is -3.63. The van der Waals surface area contributed by atoms with Crippen LogP contribution in [0.1, 0.15) is 19.3 Å². The molecule has 0 bridgehead atoms. The smallest absolute Gasteiger partial charge is 0.251 e. The summed E-state index contributed by atoms with van der Waals surface area (Å²) in [6, 6.07) is 2.53. The van der Waals surface area contributed by atoms with Gasteiger partial charge in [0.05, 0.1) is 18.1 Å². The van der Waals surface area contributed by atoms with Crippen molar-refractivity contribution in [2.75, 3.05) is 39.4 Å². The Hall–Kier alpha value is -1.71. The van der Waals surface area contributed by atoms with Gasteiger partial charge in [-0.2, -0.15) is 4.31 Å². The average molecular weight is 369 g/mol. The summed E-state index contributed by atoms with van der Waals surface area (Å²) in [5, 5.41) is 0. The lowest BCUT2D eigenvalue weighted by atomic mass is 10.2. The van der Waals surface area contributed by atoms with Crippen LogP contribution >= 0.6 is 0 Å². The van der Waals surface area contributed by atoms with E-state index in [1.54, 1.807) is 4.90 Å². The van der Waals surface area contributed by atoms with Gasteiger partial charge >= 0.3 is 0 Å². The zero-order valence-corrected chi connectivity index (χ0v) is 14.9. The molecule has 8 nitrogen and oxygen atoms in total. The molecule has 1 aromatic rings. The molecule has 138 valence electrons. The first-order valence-electron chi connectivity index (χ1n) is 8.55. The van der Waals surface area contributed by atoms with Gasteiger partial charge in [0, 0.05) is 38.4 Å². The van der Waals surface area contributed by atoms with Gasteiger partial charge < -0.3 is 14.2 Å². The van der Waals surface area contributed by atoms with Crippen LogP contribution in [0.25, 0.3) is 0 Å². The molecule has 2 fully saturated rings. The van der Waals surface area contributed by atoms with Gasteiger partial charge in [0.15, 0.2) is 0 Å². The molecular weight excluding hydrogens is 346 g/mol. The SMILES string of the molecule is O=C(Cn1cc(S(=O)(=O)N2CCCCC2)ccc1=O)N1CCOCC1. The van der Waals surface area contributed by atoms with Crippen molar-refractivity contribution in [3.63, 3.8) is 0 Å². The Bertz CT molecular complexity index is 777. The van der Waals surface area contributed by atoms with Crippen LogP contribution < -0.4 is 5.56 Å². The number of morpholine rings is 1. The molecule has 3 rings (SSSR count). The van der Waals surface area contributed by atoms with Gasteiger partial charge in [-0.1, -0.05) is 6.42 Å². The van der Waals surface area contributed by atoms with E-state index in [0.717, 1.165) is 19.3 Å². The van der Waals surface area contributed by atoms with E-state index >= 15 is 0 Å². The lowest BCUT2D eigenvalue weighted by Crippen LogP contribution is -2.43. The Balaban J connectivity index is 1.80. The molecule has 3 heterocycles. The first-order chi connectivity index (χ1) is 12.0. The Morgan fingerprint density at radius 3 is 2.40 bits per heavy atom. The molecule has 0 saturated carbocycles. The van der Waals surface area contributed by atoms with E-state index in [1.807, 2.05) is 0 Å². The van der Waals surface area contributed by atoms with Crippen LogP contribution in [-0.2, 0) is 26.1 Å². The molecule has 0 spiro atoms. The first-order valence-corrected chi connectivity index (χ1v) is 9.99. The predicted molar refractivity (Wildman–Crippen MR) is 90.7 cm³/mol. The molecule has 2 aliphatic rings. The molecule has 25 heavy (non-hydrogen) atoms. The van der Waals surface area contributed by atoms with Crippen molar-refractivity contribution in [1.29, 1.82) is 0 Å². The van der Waals surface area contributed by atoms with Crippen LogP contribution in [0.15, 0.2) is 28.0 Å². The summed E-state index contributed by atoms with van der Waals surface area (Å²) in [5.41, 5.74) is -0.390. The Labute approximate surface area is 147 Å². The molecule has 0 N–H and O–H groups in total. The number of hydrogen-bond acceptors (Lipinski definition) is 5. The third kappa shape index (κ3) is 4.10.